The SMILES string of the molecule is CNc1cc(OC2COC2)nc(N)n1. The van der Waals surface area contributed by atoms with Crippen molar-refractivity contribution in [3.63, 3.8) is 0 Å². The van der Waals surface area contributed by atoms with Crippen LogP contribution >= 0.6 is 0 Å². The van der Waals surface area contributed by atoms with E-state index >= 15 is 0 Å². The molecule has 0 aromatic carbocycles. The van der Waals surface area contributed by atoms with Crippen LogP contribution in [0.2, 0.25) is 0 Å². The largest absolute Gasteiger partial charge is 0.469 e. The Morgan fingerprint density at radius 3 is 2.93 bits per heavy atom. The fourth-order valence-electron chi connectivity index (χ4n) is 1.08. The third-order valence-electron chi connectivity index (χ3n) is 1.87. The van der Waals surface area contributed by atoms with Crippen molar-refractivity contribution in [3.8, 4) is 5.88 Å². The van der Waals surface area contributed by atoms with Gasteiger partial charge in [0.1, 0.15) is 11.9 Å². The molecule has 0 amide bonds. The molecular formula is C8H12N4O2. The average Bonchev–Trinajstić information content (AvgIpc) is 2.10. The normalized spacial score (nSPS) is 16.1. The molecule has 1 aliphatic rings. The zero-order valence-corrected chi connectivity index (χ0v) is 7.86. The number of rotatable bonds is 3. The lowest BCUT2D eigenvalue weighted by Crippen LogP contribution is -2.38. The number of nitrogen functional groups attached to an aromatic ring is 1. The summed E-state index contributed by atoms with van der Waals surface area (Å²) < 4.78 is 10.5. The van der Waals surface area contributed by atoms with Crippen molar-refractivity contribution in [2.24, 2.45) is 0 Å². The number of nitrogens with two attached hydrogens (primary N) is 1. The van der Waals surface area contributed by atoms with Gasteiger partial charge in [0.2, 0.25) is 11.8 Å². The van der Waals surface area contributed by atoms with E-state index < -0.39 is 0 Å². The summed E-state index contributed by atoms with van der Waals surface area (Å²) in [5.41, 5.74) is 5.50. The van der Waals surface area contributed by atoms with Gasteiger partial charge in [0, 0.05) is 13.1 Å². The molecule has 0 bridgehead atoms. The minimum atomic E-state index is 0.0917. The van der Waals surface area contributed by atoms with E-state index in [4.69, 9.17) is 15.2 Å². The minimum Gasteiger partial charge on any atom is -0.469 e. The Balaban J connectivity index is 2.11. The van der Waals surface area contributed by atoms with Gasteiger partial charge in [-0.3, -0.25) is 0 Å². The lowest BCUT2D eigenvalue weighted by Gasteiger charge is -2.26. The summed E-state index contributed by atoms with van der Waals surface area (Å²) >= 11 is 0. The first kappa shape index (κ1) is 9.01. The van der Waals surface area contributed by atoms with Crippen LogP contribution in [0.4, 0.5) is 11.8 Å². The van der Waals surface area contributed by atoms with E-state index in [1.165, 1.54) is 0 Å². The molecule has 1 fully saturated rings. The zero-order valence-electron chi connectivity index (χ0n) is 7.86. The fraction of sp³-hybridized carbons (Fsp3) is 0.500. The summed E-state index contributed by atoms with van der Waals surface area (Å²) in [6.07, 6.45) is 0.0917. The van der Waals surface area contributed by atoms with Gasteiger partial charge in [-0.1, -0.05) is 0 Å². The molecule has 0 saturated carbocycles. The highest BCUT2D eigenvalue weighted by atomic mass is 16.6. The summed E-state index contributed by atoms with van der Waals surface area (Å²) in [4.78, 5) is 7.90. The molecule has 1 aromatic rings. The molecule has 1 aromatic heterocycles. The van der Waals surface area contributed by atoms with Gasteiger partial charge in [-0.25, -0.2) is 0 Å². The van der Waals surface area contributed by atoms with Crippen LogP contribution in [-0.2, 0) is 4.74 Å². The van der Waals surface area contributed by atoms with Gasteiger partial charge < -0.3 is 20.5 Å². The molecule has 76 valence electrons. The van der Waals surface area contributed by atoms with Gasteiger partial charge in [-0.05, 0) is 0 Å². The van der Waals surface area contributed by atoms with Crippen molar-refractivity contribution >= 4 is 11.8 Å². The first-order valence-corrected chi connectivity index (χ1v) is 4.34. The molecule has 3 N–H and O–H groups in total. The van der Waals surface area contributed by atoms with E-state index in [9.17, 15) is 0 Å². The Morgan fingerprint density at radius 1 is 1.57 bits per heavy atom. The molecular weight excluding hydrogens is 184 g/mol. The molecule has 1 saturated heterocycles. The van der Waals surface area contributed by atoms with Crippen LogP contribution < -0.4 is 15.8 Å². The van der Waals surface area contributed by atoms with Crippen LogP contribution in [0.15, 0.2) is 6.07 Å². The van der Waals surface area contributed by atoms with Gasteiger partial charge in [0.05, 0.1) is 13.2 Å². The minimum absolute atomic E-state index is 0.0917. The number of hydrogen-bond acceptors (Lipinski definition) is 6. The van der Waals surface area contributed by atoms with E-state index in [1.54, 1.807) is 13.1 Å². The lowest BCUT2D eigenvalue weighted by molar-refractivity contribution is -0.0812. The topological polar surface area (TPSA) is 82.3 Å². The quantitative estimate of drug-likeness (QED) is 0.701. The fourth-order valence-corrected chi connectivity index (χ4v) is 1.08. The highest BCUT2D eigenvalue weighted by molar-refractivity contribution is 5.42. The molecule has 2 heterocycles. The third kappa shape index (κ3) is 1.85. The molecule has 0 spiro atoms. The Labute approximate surface area is 81.4 Å². The van der Waals surface area contributed by atoms with Crippen molar-refractivity contribution in [2.75, 3.05) is 31.3 Å². The molecule has 6 nitrogen and oxygen atoms in total. The van der Waals surface area contributed by atoms with E-state index in [1.807, 2.05) is 0 Å². The maximum Gasteiger partial charge on any atom is 0.225 e. The van der Waals surface area contributed by atoms with Crippen LogP contribution in [-0.4, -0.2) is 36.3 Å². The molecule has 0 atom stereocenters. The Morgan fingerprint density at radius 2 is 2.36 bits per heavy atom. The van der Waals surface area contributed by atoms with Gasteiger partial charge in [-0.2, -0.15) is 9.97 Å². The van der Waals surface area contributed by atoms with Gasteiger partial charge in [-0.15, -0.1) is 0 Å². The summed E-state index contributed by atoms with van der Waals surface area (Å²) in [6, 6.07) is 1.70. The maximum atomic E-state index is 5.50. The second-order valence-electron chi connectivity index (χ2n) is 2.98. The number of ether oxygens (including phenoxy) is 2. The summed E-state index contributed by atoms with van der Waals surface area (Å²) in [7, 11) is 1.76. The Kier molecular flexibility index (Phi) is 2.36. The van der Waals surface area contributed by atoms with Crippen LogP contribution in [0, 0.1) is 0 Å². The number of hydrogen-bond donors (Lipinski definition) is 2. The van der Waals surface area contributed by atoms with Crippen molar-refractivity contribution in [1.29, 1.82) is 0 Å². The second kappa shape index (κ2) is 3.67. The number of nitrogens with zero attached hydrogens (tertiary/aromatic N) is 2. The number of aromatic nitrogens is 2. The second-order valence-corrected chi connectivity index (χ2v) is 2.98. The van der Waals surface area contributed by atoms with Crippen molar-refractivity contribution in [3.05, 3.63) is 6.07 Å². The lowest BCUT2D eigenvalue weighted by atomic mass is 10.3. The number of nitrogens with one attached hydrogen (secondary N) is 1. The smallest absolute Gasteiger partial charge is 0.225 e. The third-order valence-corrected chi connectivity index (χ3v) is 1.87. The van der Waals surface area contributed by atoms with Gasteiger partial charge in [0.25, 0.3) is 0 Å². The summed E-state index contributed by atoms with van der Waals surface area (Å²) in [5.74, 6) is 1.33. The summed E-state index contributed by atoms with van der Waals surface area (Å²) in [6.45, 7) is 1.22. The van der Waals surface area contributed by atoms with Gasteiger partial charge in [0.15, 0.2) is 0 Å². The predicted octanol–water partition coefficient (Wildman–Crippen LogP) is -0.122. The molecule has 14 heavy (non-hydrogen) atoms. The number of anilines is 2. The van der Waals surface area contributed by atoms with Crippen LogP contribution in [0.1, 0.15) is 0 Å². The highest BCUT2D eigenvalue weighted by Gasteiger charge is 2.20. The molecule has 0 unspecified atom stereocenters. The Hall–Kier alpha value is -1.56. The maximum absolute atomic E-state index is 5.50. The van der Waals surface area contributed by atoms with E-state index in [0.717, 1.165) is 0 Å². The molecule has 6 heteroatoms. The van der Waals surface area contributed by atoms with Crippen molar-refractivity contribution in [1.82, 2.24) is 9.97 Å². The predicted molar refractivity (Wildman–Crippen MR) is 51.2 cm³/mol. The van der Waals surface area contributed by atoms with Crippen LogP contribution in [0.3, 0.4) is 0 Å². The van der Waals surface area contributed by atoms with E-state index in [-0.39, 0.29) is 12.1 Å². The standard InChI is InChI=1S/C8H12N4O2/c1-10-6-2-7(12-8(9)11-6)14-5-3-13-4-5/h2,5H,3-4H2,1H3,(H3,9,10,11,12). The molecule has 0 aliphatic carbocycles. The van der Waals surface area contributed by atoms with Gasteiger partial charge >= 0.3 is 0 Å². The molecule has 0 radical (unpaired) electrons. The first-order valence-electron chi connectivity index (χ1n) is 4.34. The van der Waals surface area contributed by atoms with E-state index in [0.29, 0.717) is 24.9 Å². The van der Waals surface area contributed by atoms with Crippen molar-refractivity contribution < 1.29 is 9.47 Å². The molecule has 2 rings (SSSR count). The zero-order chi connectivity index (χ0) is 9.97. The molecule has 1 aliphatic heterocycles. The highest BCUT2D eigenvalue weighted by Crippen LogP contribution is 2.17. The first-order chi connectivity index (χ1) is 6.78. The van der Waals surface area contributed by atoms with Crippen molar-refractivity contribution in [2.45, 2.75) is 6.10 Å². The summed E-state index contributed by atoms with van der Waals surface area (Å²) in [5, 5.41) is 2.88. The van der Waals surface area contributed by atoms with Crippen LogP contribution in [0.25, 0.3) is 0 Å². The Bertz CT molecular complexity index is 327. The van der Waals surface area contributed by atoms with Crippen LogP contribution in [0.5, 0.6) is 5.88 Å². The monoisotopic (exact) mass is 196 g/mol. The van der Waals surface area contributed by atoms with E-state index in [2.05, 4.69) is 15.3 Å². The average molecular weight is 196 g/mol.